The third-order valence-electron chi connectivity index (χ3n) is 6.31. The second kappa shape index (κ2) is 10.2. The molecule has 8 nitrogen and oxygen atoms in total. The van der Waals surface area contributed by atoms with E-state index in [1.165, 1.54) is 31.4 Å². The number of methoxy groups -OCH3 is 1. The number of carboxylic acid groups (broad SMARTS) is 1. The number of carboxylic acids is 1. The van der Waals surface area contributed by atoms with Gasteiger partial charge in [0.25, 0.3) is 0 Å². The van der Waals surface area contributed by atoms with Crippen LogP contribution in [0.15, 0.2) is 48.5 Å². The Bertz CT molecular complexity index is 1060. The van der Waals surface area contributed by atoms with Gasteiger partial charge in [0.15, 0.2) is 0 Å². The Morgan fingerprint density at radius 3 is 1.89 bits per heavy atom. The lowest BCUT2D eigenvalue weighted by atomic mass is 9.65. The molecule has 35 heavy (non-hydrogen) atoms. The molecule has 4 N–H and O–H groups in total. The van der Waals surface area contributed by atoms with Crippen LogP contribution >= 0.6 is 0 Å². The van der Waals surface area contributed by atoms with E-state index in [0.29, 0.717) is 36.8 Å². The minimum absolute atomic E-state index is 0.257. The molecular formula is C24H25F3N2O6. The van der Waals surface area contributed by atoms with Crippen LogP contribution in [0.3, 0.4) is 0 Å². The third-order valence-corrected chi connectivity index (χ3v) is 6.31. The number of urea groups is 1. The number of nitrogens with one attached hydrogen (secondary N) is 1. The Hall–Kier alpha value is -3.76. The van der Waals surface area contributed by atoms with Gasteiger partial charge in [-0.3, -0.25) is 4.79 Å². The maximum Gasteiger partial charge on any atom is 0.573 e. The smallest absolute Gasteiger partial charge is 0.481 e. The van der Waals surface area contributed by atoms with Gasteiger partial charge in [-0.1, -0.05) is 24.3 Å². The number of nitrogens with two attached hydrogens (primary N) is 1. The van der Waals surface area contributed by atoms with Gasteiger partial charge in [-0.25, -0.2) is 9.59 Å². The van der Waals surface area contributed by atoms with Gasteiger partial charge in [0.2, 0.25) is 0 Å². The Morgan fingerprint density at radius 1 is 0.943 bits per heavy atom. The second-order valence-electron chi connectivity index (χ2n) is 8.33. The van der Waals surface area contributed by atoms with Crippen molar-refractivity contribution in [2.24, 2.45) is 17.6 Å². The number of halogens is 3. The maximum absolute atomic E-state index is 12.7. The second-order valence-corrected chi connectivity index (χ2v) is 8.33. The molecule has 1 atom stereocenters. The highest BCUT2D eigenvalue weighted by Gasteiger charge is 2.45. The van der Waals surface area contributed by atoms with Crippen molar-refractivity contribution >= 4 is 18.0 Å². The molecule has 1 unspecified atom stereocenters. The average molecular weight is 494 g/mol. The normalized spacial score (nSPS) is 19.8. The Balaban J connectivity index is 2.12. The maximum atomic E-state index is 12.7. The number of carbonyl (C=O) groups is 3. The van der Waals surface area contributed by atoms with Crippen LogP contribution in [0.25, 0.3) is 0 Å². The minimum Gasteiger partial charge on any atom is -0.481 e. The highest BCUT2D eigenvalue weighted by Crippen LogP contribution is 2.46. The molecule has 0 heterocycles. The zero-order valence-electron chi connectivity index (χ0n) is 18.8. The van der Waals surface area contributed by atoms with Crippen LogP contribution in [0.5, 0.6) is 5.75 Å². The molecule has 3 rings (SSSR count). The fourth-order valence-corrected chi connectivity index (χ4v) is 4.76. The Labute approximate surface area is 199 Å². The van der Waals surface area contributed by atoms with Crippen LogP contribution in [0.2, 0.25) is 0 Å². The van der Waals surface area contributed by atoms with Crippen molar-refractivity contribution in [2.45, 2.75) is 37.6 Å². The molecule has 1 aliphatic carbocycles. The van der Waals surface area contributed by atoms with E-state index in [1.54, 1.807) is 12.1 Å². The van der Waals surface area contributed by atoms with Crippen molar-refractivity contribution in [3.63, 3.8) is 0 Å². The summed E-state index contributed by atoms with van der Waals surface area (Å²) in [6.07, 6.45) is -3.38. The SMILES string of the molecule is COC(=O)c1ccc(C(NC(N)=O)(c2ccc(OC(F)(F)F)cc2)C2CCC(C(=O)O)CC2)cc1. The van der Waals surface area contributed by atoms with Crippen molar-refractivity contribution in [1.82, 2.24) is 5.32 Å². The van der Waals surface area contributed by atoms with E-state index in [4.69, 9.17) is 10.5 Å². The van der Waals surface area contributed by atoms with E-state index in [0.717, 1.165) is 12.1 Å². The quantitative estimate of drug-likeness (QED) is 0.496. The number of alkyl halides is 3. The van der Waals surface area contributed by atoms with Crippen molar-refractivity contribution < 1.29 is 42.1 Å². The molecule has 0 spiro atoms. The van der Waals surface area contributed by atoms with Gasteiger partial charge in [-0.05, 0) is 67.0 Å². The molecule has 0 bridgehead atoms. The van der Waals surface area contributed by atoms with Crippen molar-refractivity contribution in [3.05, 3.63) is 65.2 Å². The zero-order chi connectivity index (χ0) is 25.8. The predicted molar refractivity (Wildman–Crippen MR) is 117 cm³/mol. The minimum atomic E-state index is -4.87. The fraction of sp³-hybridized carbons (Fsp3) is 0.375. The molecule has 2 amide bonds. The molecule has 2 aromatic carbocycles. The molecule has 0 aromatic heterocycles. The summed E-state index contributed by atoms with van der Waals surface area (Å²) in [4.78, 5) is 35.6. The van der Waals surface area contributed by atoms with Crippen LogP contribution < -0.4 is 15.8 Å². The molecule has 1 saturated carbocycles. The van der Waals surface area contributed by atoms with Gasteiger partial charge >= 0.3 is 24.3 Å². The molecule has 1 aliphatic rings. The van der Waals surface area contributed by atoms with Crippen LogP contribution in [-0.2, 0) is 15.1 Å². The Morgan fingerprint density at radius 2 is 1.46 bits per heavy atom. The molecule has 11 heteroatoms. The number of primary amides is 1. The monoisotopic (exact) mass is 494 g/mol. The molecule has 0 aliphatic heterocycles. The lowest BCUT2D eigenvalue weighted by Crippen LogP contribution is -2.54. The first kappa shape index (κ1) is 25.9. The number of hydrogen-bond acceptors (Lipinski definition) is 5. The van der Waals surface area contributed by atoms with Crippen LogP contribution in [0, 0.1) is 11.8 Å². The first-order valence-electron chi connectivity index (χ1n) is 10.8. The molecule has 0 radical (unpaired) electrons. The van der Waals surface area contributed by atoms with Gasteiger partial charge in [0.05, 0.1) is 24.1 Å². The van der Waals surface area contributed by atoms with Gasteiger partial charge in [0, 0.05) is 0 Å². The van der Waals surface area contributed by atoms with E-state index >= 15 is 0 Å². The van der Waals surface area contributed by atoms with Crippen LogP contribution in [-0.4, -0.2) is 36.5 Å². The van der Waals surface area contributed by atoms with E-state index in [2.05, 4.69) is 10.1 Å². The number of esters is 1. The number of carbonyl (C=O) groups excluding carboxylic acids is 2. The van der Waals surface area contributed by atoms with E-state index in [9.17, 15) is 32.7 Å². The van der Waals surface area contributed by atoms with E-state index < -0.39 is 41.5 Å². The molecule has 1 fully saturated rings. The van der Waals surface area contributed by atoms with E-state index in [1.807, 2.05) is 0 Å². The number of amides is 2. The first-order valence-corrected chi connectivity index (χ1v) is 10.8. The lowest BCUT2D eigenvalue weighted by molar-refractivity contribution is -0.274. The zero-order valence-corrected chi connectivity index (χ0v) is 18.8. The number of aliphatic carboxylic acids is 1. The summed E-state index contributed by atoms with van der Waals surface area (Å²) in [5, 5.41) is 12.2. The fourth-order valence-electron chi connectivity index (χ4n) is 4.76. The van der Waals surface area contributed by atoms with Crippen molar-refractivity contribution in [3.8, 4) is 5.75 Å². The number of hydrogen-bond donors (Lipinski definition) is 3. The molecule has 0 saturated heterocycles. The number of benzene rings is 2. The highest BCUT2D eigenvalue weighted by atomic mass is 19.4. The van der Waals surface area contributed by atoms with Gasteiger partial charge in [-0.15, -0.1) is 13.2 Å². The Kier molecular flexibility index (Phi) is 7.57. The molecule has 2 aromatic rings. The third kappa shape index (κ3) is 5.84. The number of rotatable bonds is 7. The summed E-state index contributed by atoms with van der Waals surface area (Å²) in [5.74, 6) is -2.80. The summed E-state index contributed by atoms with van der Waals surface area (Å²) >= 11 is 0. The molecular weight excluding hydrogens is 469 g/mol. The van der Waals surface area contributed by atoms with Crippen molar-refractivity contribution in [1.29, 1.82) is 0 Å². The average Bonchev–Trinajstić information content (AvgIpc) is 2.81. The topological polar surface area (TPSA) is 128 Å². The van der Waals surface area contributed by atoms with Crippen LogP contribution in [0.1, 0.15) is 47.2 Å². The first-order chi connectivity index (χ1) is 16.5. The largest absolute Gasteiger partial charge is 0.573 e. The van der Waals surface area contributed by atoms with E-state index in [-0.39, 0.29) is 11.5 Å². The lowest BCUT2D eigenvalue weighted by Gasteiger charge is -2.45. The summed E-state index contributed by atoms with van der Waals surface area (Å²) in [6.45, 7) is 0. The summed E-state index contributed by atoms with van der Waals surface area (Å²) in [5.41, 5.74) is 5.46. The summed E-state index contributed by atoms with van der Waals surface area (Å²) in [7, 11) is 1.24. The molecule has 188 valence electrons. The van der Waals surface area contributed by atoms with Gasteiger partial charge in [-0.2, -0.15) is 0 Å². The summed E-state index contributed by atoms with van der Waals surface area (Å²) in [6, 6.07) is 10.4. The van der Waals surface area contributed by atoms with Gasteiger partial charge in [0.1, 0.15) is 5.75 Å². The van der Waals surface area contributed by atoms with Crippen LogP contribution in [0.4, 0.5) is 18.0 Å². The number of ether oxygens (including phenoxy) is 2. The predicted octanol–water partition coefficient (Wildman–Crippen LogP) is 4.17. The standard InChI is InChI=1S/C24H25F3N2O6/c1-34-21(32)15-4-8-17(9-5-15)23(29-22(28)33,16-6-2-14(3-7-16)20(30)31)18-10-12-19(13-11-18)35-24(25,26)27/h4-5,8-14,16H,2-3,6-7H2,1H3,(H,30,31)(H3,28,29,33). The summed E-state index contributed by atoms with van der Waals surface area (Å²) < 4.78 is 46.7. The highest BCUT2D eigenvalue weighted by molar-refractivity contribution is 5.89. The van der Waals surface area contributed by atoms with Crippen molar-refractivity contribution in [2.75, 3.05) is 7.11 Å². The van der Waals surface area contributed by atoms with Gasteiger partial charge < -0.3 is 25.6 Å².